The summed E-state index contributed by atoms with van der Waals surface area (Å²) < 4.78 is 0. The fourth-order valence-corrected chi connectivity index (χ4v) is 3.19. The van der Waals surface area contributed by atoms with Crippen LogP contribution in [0.3, 0.4) is 0 Å². The Kier molecular flexibility index (Phi) is 4.61. The molecular formula is C21H22O2. The summed E-state index contributed by atoms with van der Waals surface area (Å²) in [5.41, 5.74) is 6.03. The maximum atomic E-state index is 11.7. The minimum atomic E-state index is -0.875. The van der Waals surface area contributed by atoms with Crippen molar-refractivity contribution in [1.29, 1.82) is 0 Å². The van der Waals surface area contributed by atoms with Gasteiger partial charge in [-0.15, -0.1) is 0 Å². The van der Waals surface area contributed by atoms with E-state index in [9.17, 15) is 9.90 Å². The third-order valence-corrected chi connectivity index (χ3v) is 4.59. The first kappa shape index (κ1) is 15.5. The first-order valence-electron chi connectivity index (χ1n) is 8.33. The van der Waals surface area contributed by atoms with Crippen LogP contribution in [0.25, 0.3) is 11.6 Å². The highest BCUT2D eigenvalue weighted by Crippen LogP contribution is 2.26. The van der Waals surface area contributed by atoms with E-state index in [1.165, 1.54) is 29.5 Å². The molecule has 0 bridgehead atoms. The van der Waals surface area contributed by atoms with E-state index in [0.29, 0.717) is 5.57 Å². The van der Waals surface area contributed by atoms with Gasteiger partial charge in [-0.25, -0.2) is 4.79 Å². The van der Waals surface area contributed by atoms with Gasteiger partial charge in [0, 0.05) is 0 Å². The molecular weight excluding hydrogens is 284 g/mol. The second-order valence-electron chi connectivity index (χ2n) is 6.15. The van der Waals surface area contributed by atoms with Crippen LogP contribution >= 0.6 is 0 Å². The van der Waals surface area contributed by atoms with Gasteiger partial charge >= 0.3 is 5.97 Å². The summed E-state index contributed by atoms with van der Waals surface area (Å²) in [6, 6.07) is 14.2. The second kappa shape index (κ2) is 6.82. The van der Waals surface area contributed by atoms with Gasteiger partial charge in [0.25, 0.3) is 0 Å². The van der Waals surface area contributed by atoms with Crippen LogP contribution in [0.2, 0.25) is 0 Å². The number of fused-ring (bicyclic) bond motifs is 1. The Morgan fingerprint density at radius 3 is 2.39 bits per heavy atom. The minimum absolute atomic E-state index is 0.364. The van der Waals surface area contributed by atoms with Crippen LogP contribution in [0, 0.1) is 0 Å². The summed E-state index contributed by atoms with van der Waals surface area (Å²) in [6.07, 6.45) is 7.35. The maximum Gasteiger partial charge on any atom is 0.336 e. The second-order valence-corrected chi connectivity index (χ2v) is 6.15. The molecule has 0 aromatic heterocycles. The molecule has 23 heavy (non-hydrogen) atoms. The van der Waals surface area contributed by atoms with Crippen molar-refractivity contribution in [3.05, 3.63) is 70.3 Å². The topological polar surface area (TPSA) is 37.3 Å². The van der Waals surface area contributed by atoms with Crippen molar-refractivity contribution in [2.75, 3.05) is 0 Å². The molecule has 118 valence electrons. The molecule has 0 saturated carbocycles. The van der Waals surface area contributed by atoms with Crippen molar-refractivity contribution in [2.45, 2.75) is 39.0 Å². The molecule has 0 radical (unpaired) electrons. The molecule has 3 rings (SSSR count). The monoisotopic (exact) mass is 306 g/mol. The zero-order valence-corrected chi connectivity index (χ0v) is 13.5. The highest BCUT2D eigenvalue weighted by molar-refractivity contribution is 6.20. The SMILES string of the molecule is CCc1ccc(/C=C(\C(=O)O)c2ccc3c(c2)CCCC3)cc1. The van der Waals surface area contributed by atoms with Crippen LogP contribution in [-0.4, -0.2) is 11.1 Å². The van der Waals surface area contributed by atoms with E-state index in [-0.39, 0.29) is 0 Å². The normalized spacial score (nSPS) is 14.4. The van der Waals surface area contributed by atoms with Gasteiger partial charge in [-0.05, 0) is 66.0 Å². The number of hydrogen-bond donors (Lipinski definition) is 1. The molecule has 2 nitrogen and oxygen atoms in total. The summed E-state index contributed by atoms with van der Waals surface area (Å²) in [5.74, 6) is -0.875. The van der Waals surface area contributed by atoms with Crippen molar-refractivity contribution in [1.82, 2.24) is 0 Å². The number of carbonyl (C=O) groups is 1. The van der Waals surface area contributed by atoms with Crippen molar-refractivity contribution in [3.63, 3.8) is 0 Å². The number of carboxylic acid groups (broad SMARTS) is 1. The molecule has 1 aliphatic rings. The number of hydrogen-bond acceptors (Lipinski definition) is 1. The number of benzene rings is 2. The first-order chi connectivity index (χ1) is 11.2. The molecule has 0 heterocycles. The lowest BCUT2D eigenvalue weighted by Gasteiger charge is -2.16. The Labute approximate surface area is 137 Å². The predicted octanol–water partition coefficient (Wildman–Crippen LogP) is 4.75. The molecule has 2 heteroatoms. The van der Waals surface area contributed by atoms with Crippen molar-refractivity contribution < 1.29 is 9.90 Å². The van der Waals surface area contributed by atoms with Gasteiger partial charge in [0.15, 0.2) is 0 Å². The van der Waals surface area contributed by atoms with Crippen LogP contribution in [-0.2, 0) is 24.1 Å². The Balaban J connectivity index is 1.97. The lowest BCUT2D eigenvalue weighted by atomic mass is 9.88. The van der Waals surface area contributed by atoms with E-state index >= 15 is 0 Å². The predicted molar refractivity (Wildman–Crippen MR) is 94.4 cm³/mol. The third kappa shape index (κ3) is 3.53. The van der Waals surface area contributed by atoms with Gasteiger partial charge in [0.05, 0.1) is 5.57 Å². The molecule has 0 spiro atoms. The Morgan fingerprint density at radius 1 is 1.04 bits per heavy atom. The summed E-state index contributed by atoms with van der Waals surface area (Å²) in [5, 5.41) is 9.62. The standard InChI is InChI=1S/C21H22O2/c1-2-15-7-9-16(10-8-15)13-20(21(22)23)19-12-11-17-5-3-4-6-18(17)14-19/h7-14H,2-6H2,1H3,(H,22,23)/b20-13-. The molecule has 2 aromatic carbocycles. The van der Waals surface area contributed by atoms with E-state index in [1.807, 2.05) is 18.2 Å². The molecule has 0 fully saturated rings. The fourth-order valence-electron chi connectivity index (χ4n) is 3.19. The smallest absolute Gasteiger partial charge is 0.336 e. The minimum Gasteiger partial charge on any atom is -0.478 e. The lowest BCUT2D eigenvalue weighted by Crippen LogP contribution is -2.05. The van der Waals surface area contributed by atoms with Gasteiger partial charge in [-0.2, -0.15) is 0 Å². The Morgan fingerprint density at radius 2 is 1.74 bits per heavy atom. The summed E-state index contributed by atoms with van der Waals surface area (Å²) in [4.78, 5) is 11.7. The average molecular weight is 306 g/mol. The van der Waals surface area contributed by atoms with Crippen LogP contribution in [0.5, 0.6) is 0 Å². The summed E-state index contributed by atoms with van der Waals surface area (Å²) in [6.45, 7) is 2.11. The zero-order valence-electron chi connectivity index (χ0n) is 13.5. The largest absolute Gasteiger partial charge is 0.478 e. The molecule has 1 N–H and O–H groups in total. The van der Waals surface area contributed by atoms with Crippen molar-refractivity contribution in [3.8, 4) is 0 Å². The van der Waals surface area contributed by atoms with Gasteiger partial charge in [0.1, 0.15) is 0 Å². The molecule has 0 saturated heterocycles. The molecule has 2 aromatic rings. The average Bonchev–Trinajstić information content (AvgIpc) is 2.59. The Hall–Kier alpha value is -2.35. The van der Waals surface area contributed by atoms with Gasteiger partial charge in [0.2, 0.25) is 0 Å². The van der Waals surface area contributed by atoms with E-state index in [1.54, 1.807) is 6.08 Å². The van der Waals surface area contributed by atoms with Gasteiger partial charge < -0.3 is 5.11 Å². The van der Waals surface area contributed by atoms with Gasteiger partial charge in [-0.3, -0.25) is 0 Å². The molecule has 0 unspecified atom stereocenters. The number of carboxylic acids is 1. The van der Waals surface area contributed by atoms with E-state index in [2.05, 4.69) is 31.2 Å². The summed E-state index contributed by atoms with van der Waals surface area (Å²) >= 11 is 0. The lowest BCUT2D eigenvalue weighted by molar-refractivity contribution is -0.130. The zero-order chi connectivity index (χ0) is 16.2. The number of aryl methyl sites for hydroxylation is 3. The van der Waals surface area contributed by atoms with E-state index < -0.39 is 5.97 Å². The number of aliphatic carboxylic acids is 1. The van der Waals surface area contributed by atoms with Gasteiger partial charge in [-0.1, -0.05) is 49.4 Å². The highest BCUT2D eigenvalue weighted by Gasteiger charge is 2.15. The quantitative estimate of drug-likeness (QED) is 0.653. The maximum absolute atomic E-state index is 11.7. The van der Waals surface area contributed by atoms with E-state index in [4.69, 9.17) is 0 Å². The molecule has 0 atom stereocenters. The molecule has 0 amide bonds. The fraction of sp³-hybridized carbons (Fsp3) is 0.286. The van der Waals surface area contributed by atoms with Crippen LogP contribution < -0.4 is 0 Å². The Bertz CT molecular complexity index is 739. The first-order valence-corrected chi connectivity index (χ1v) is 8.33. The van der Waals surface area contributed by atoms with Crippen molar-refractivity contribution >= 4 is 17.6 Å². The third-order valence-electron chi connectivity index (χ3n) is 4.59. The number of rotatable bonds is 4. The van der Waals surface area contributed by atoms with E-state index in [0.717, 1.165) is 30.4 Å². The van der Waals surface area contributed by atoms with Crippen molar-refractivity contribution in [2.24, 2.45) is 0 Å². The molecule has 1 aliphatic carbocycles. The van der Waals surface area contributed by atoms with Crippen LogP contribution in [0.4, 0.5) is 0 Å². The summed E-state index contributed by atoms with van der Waals surface area (Å²) in [7, 11) is 0. The highest BCUT2D eigenvalue weighted by atomic mass is 16.4. The van der Waals surface area contributed by atoms with Crippen LogP contribution in [0.1, 0.15) is 47.6 Å². The molecule has 0 aliphatic heterocycles. The van der Waals surface area contributed by atoms with Crippen LogP contribution in [0.15, 0.2) is 42.5 Å².